The maximum atomic E-state index is 5.96. The Morgan fingerprint density at radius 2 is 1.50 bits per heavy atom. The maximum absolute atomic E-state index is 5.96. The third-order valence-electron chi connectivity index (χ3n) is 3.98. The molecule has 1 fully saturated rings. The number of ether oxygens (including phenoxy) is 1. The Hall–Kier alpha value is -1.68. The van der Waals surface area contributed by atoms with E-state index in [4.69, 9.17) is 9.57 Å². The lowest BCUT2D eigenvalue weighted by molar-refractivity contribution is -0.188. The second kappa shape index (κ2) is 8.08. The minimum atomic E-state index is 0.368. The van der Waals surface area contributed by atoms with Crippen LogP contribution in [0.25, 0.3) is 0 Å². The summed E-state index contributed by atoms with van der Waals surface area (Å²) >= 11 is 0. The topological polar surface area (TPSA) is 21.7 Å². The van der Waals surface area contributed by atoms with Gasteiger partial charge in [-0.25, -0.2) is 0 Å². The van der Waals surface area contributed by atoms with E-state index in [1.54, 1.807) is 0 Å². The standard InChI is InChI=1S/C19H23NO2/c1-3-8-17(9-4-1)14-21-16-19-12-7-13-20(19)22-15-18-10-5-2-6-11-18/h1-6,8-11,19H,7,12-16H2. The molecule has 0 aliphatic carbocycles. The van der Waals surface area contributed by atoms with Crippen LogP contribution in [0.2, 0.25) is 0 Å². The smallest absolute Gasteiger partial charge is 0.0936 e. The van der Waals surface area contributed by atoms with E-state index >= 15 is 0 Å². The number of nitrogens with zero attached hydrogens (tertiary/aromatic N) is 1. The van der Waals surface area contributed by atoms with E-state index in [0.29, 0.717) is 19.3 Å². The fourth-order valence-electron chi connectivity index (χ4n) is 2.76. The molecule has 1 aliphatic heterocycles. The lowest BCUT2D eigenvalue weighted by atomic mass is 10.2. The number of hydrogen-bond donors (Lipinski definition) is 0. The molecule has 1 aliphatic rings. The highest BCUT2D eigenvalue weighted by atomic mass is 16.7. The van der Waals surface area contributed by atoms with Crippen LogP contribution >= 0.6 is 0 Å². The number of hydroxylamine groups is 2. The predicted molar refractivity (Wildman–Crippen MR) is 87.1 cm³/mol. The highest BCUT2D eigenvalue weighted by Crippen LogP contribution is 2.19. The Kier molecular flexibility index (Phi) is 5.59. The molecule has 0 bridgehead atoms. The Labute approximate surface area is 132 Å². The first kappa shape index (κ1) is 15.2. The van der Waals surface area contributed by atoms with Crippen LogP contribution in [0, 0.1) is 0 Å². The summed E-state index contributed by atoms with van der Waals surface area (Å²) in [4.78, 5) is 5.96. The molecule has 116 valence electrons. The number of hydrogen-bond acceptors (Lipinski definition) is 3. The first-order valence-corrected chi connectivity index (χ1v) is 7.97. The van der Waals surface area contributed by atoms with E-state index in [1.807, 2.05) is 36.4 Å². The first-order valence-electron chi connectivity index (χ1n) is 7.97. The zero-order valence-corrected chi connectivity index (χ0v) is 12.9. The monoisotopic (exact) mass is 297 g/mol. The van der Waals surface area contributed by atoms with Gasteiger partial charge >= 0.3 is 0 Å². The van der Waals surface area contributed by atoms with Crippen molar-refractivity contribution in [3.8, 4) is 0 Å². The fourth-order valence-corrected chi connectivity index (χ4v) is 2.76. The SMILES string of the molecule is c1ccc(COCC2CCCN2OCc2ccccc2)cc1. The minimum Gasteiger partial charge on any atom is -0.375 e. The molecule has 2 aromatic carbocycles. The summed E-state index contributed by atoms with van der Waals surface area (Å²) in [6, 6.07) is 21.0. The van der Waals surface area contributed by atoms with Crippen LogP contribution in [0.4, 0.5) is 0 Å². The normalized spacial score (nSPS) is 18.6. The predicted octanol–water partition coefficient (Wildman–Crippen LogP) is 3.80. The Morgan fingerprint density at radius 1 is 0.864 bits per heavy atom. The van der Waals surface area contributed by atoms with Crippen LogP contribution in [-0.4, -0.2) is 24.3 Å². The zero-order valence-electron chi connectivity index (χ0n) is 12.9. The molecule has 3 heteroatoms. The van der Waals surface area contributed by atoms with Crippen LogP contribution < -0.4 is 0 Å². The number of benzene rings is 2. The van der Waals surface area contributed by atoms with Crippen molar-refractivity contribution in [1.82, 2.24) is 5.06 Å². The van der Waals surface area contributed by atoms with E-state index in [0.717, 1.165) is 19.6 Å². The molecule has 1 heterocycles. The molecule has 0 radical (unpaired) electrons. The van der Waals surface area contributed by atoms with Gasteiger partial charge in [0.05, 0.1) is 25.9 Å². The van der Waals surface area contributed by atoms with Crippen LogP contribution in [0.5, 0.6) is 0 Å². The average molecular weight is 297 g/mol. The third kappa shape index (κ3) is 4.41. The van der Waals surface area contributed by atoms with Crippen molar-refractivity contribution in [2.45, 2.75) is 32.1 Å². The van der Waals surface area contributed by atoms with Crippen molar-refractivity contribution in [2.75, 3.05) is 13.2 Å². The van der Waals surface area contributed by atoms with Gasteiger partial charge in [0.15, 0.2) is 0 Å². The van der Waals surface area contributed by atoms with Gasteiger partial charge in [-0.3, -0.25) is 4.84 Å². The van der Waals surface area contributed by atoms with Crippen molar-refractivity contribution >= 4 is 0 Å². The molecular formula is C19H23NO2. The molecule has 3 nitrogen and oxygen atoms in total. The van der Waals surface area contributed by atoms with Gasteiger partial charge in [0.25, 0.3) is 0 Å². The summed E-state index contributed by atoms with van der Waals surface area (Å²) in [6.45, 7) is 3.02. The quantitative estimate of drug-likeness (QED) is 0.776. The van der Waals surface area contributed by atoms with Crippen LogP contribution in [0.3, 0.4) is 0 Å². The van der Waals surface area contributed by atoms with E-state index in [9.17, 15) is 0 Å². The largest absolute Gasteiger partial charge is 0.375 e. The van der Waals surface area contributed by atoms with Gasteiger partial charge in [-0.15, -0.1) is 0 Å². The molecule has 1 unspecified atom stereocenters. The van der Waals surface area contributed by atoms with Crippen molar-refractivity contribution < 1.29 is 9.57 Å². The van der Waals surface area contributed by atoms with Gasteiger partial charge in [-0.2, -0.15) is 5.06 Å². The molecule has 3 rings (SSSR count). The first-order chi connectivity index (χ1) is 10.9. The Balaban J connectivity index is 1.42. The van der Waals surface area contributed by atoms with Crippen molar-refractivity contribution in [2.24, 2.45) is 0 Å². The van der Waals surface area contributed by atoms with Gasteiger partial charge in [0, 0.05) is 6.54 Å². The molecule has 0 aromatic heterocycles. The molecule has 0 amide bonds. The highest BCUT2D eigenvalue weighted by molar-refractivity contribution is 5.14. The molecular weight excluding hydrogens is 274 g/mol. The number of rotatable bonds is 7. The lowest BCUT2D eigenvalue weighted by Crippen LogP contribution is -2.33. The molecule has 1 atom stereocenters. The molecule has 1 saturated heterocycles. The fraction of sp³-hybridized carbons (Fsp3) is 0.368. The molecule has 0 N–H and O–H groups in total. The summed E-state index contributed by atoms with van der Waals surface area (Å²) in [5.41, 5.74) is 2.43. The average Bonchev–Trinajstić information content (AvgIpc) is 3.02. The molecule has 0 spiro atoms. The van der Waals surface area contributed by atoms with Gasteiger partial charge in [-0.05, 0) is 24.0 Å². The van der Waals surface area contributed by atoms with Crippen molar-refractivity contribution in [1.29, 1.82) is 0 Å². The van der Waals surface area contributed by atoms with E-state index in [2.05, 4.69) is 29.3 Å². The van der Waals surface area contributed by atoms with Gasteiger partial charge in [0.2, 0.25) is 0 Å². The second-order valence-corrected chi connectivity index (χ2v) is 5.70. The summed E-state index contributed by atoms with van der Waals surface area (Å²) in [6.07, 6.45) is 2.32. The zero-order chi connectivity index (χ0) is 15.0. The summed E-state index contributed by atoms with van der Waals surface area (Å²) in [5, 5.41) is 2.10. The minimum absolute atomic E-state index is 0.368. The molecule has 22 heavy (non-hydrogen) atoms. The Bertz CT molecular complexity index is 544. The van der Waals surface area contributed by atoms with E-state index in [1.165, 1.54) is 17.5 Å². The third-order valence-corrected chi connectivity index (χ3v) is 3.98. The van der Waals surface area contributed by atoms with Crippen molar-refractivity contribution in [3.63, 3.8) is 0 Å². The van der Waals surface area contributed by atoms with Gasteiger partial charge < -0.3 is 4.74 Å². The summed E-state index contributed by atoms with van der Waals surface area (Å²) < 4.78 is 5.86. The molecule has 2 aromatic rings. The van der Waals surface area contributed by atoms with Crippen LogP contribution in [-0.2, 0) is 22.8 Å². The van der Waals surface area contributed by atoms with Gasteiger partial charge in [-0.1, -0.05) is 60.7 Å². The van der Waals surface area contributed by atoms with Crippen LogP contribution in [0.1, 0.15) is 24.0 Å². The van der Waals surface area contributed by atoms with Crippen LogP contribution in [0.15, 0.2) is 60.7 Å². The second-order valence-electron chi connectivity index (χ2n) is 5.70. The molecule has 0 saturated carbocycles. The van der Waals surface area contributed by atoms with E-state index < -0.39 is 0 Å². The van der Waals surface area contributed by atoms with Gasteiger partial charge in [0.1, 0.15) is 0 Å². The maximum Gasteiger partial charge on any atom is 0.0936 e. The highest BCUT2D eigenvalue weighted by Gasteiger charge is 2.25. The summed E-state index contributed by atoms with van der Waals surface area (Å²) in [7, 11) is 0. The lowest BCUT2D eigenvalue weighted by Gasteiger charge is -2.23. The van der Waals surface area contributed by atoms with Crippen molar-refractivity contribution in [3.05, 3.63) is 71.8 Å². The van der Waals surface area contributed by atoms with E-state index in [-0.39, 0.29) is 0 Å². The Morgan fingerprint density at radius 3 is 2.18 bits per heavy atom. The summed E-state index contributed by atoms with van der Waals surface area (Å²) in [5.74, 6) is 0.